The predicted octanol–water partition coefficient (Wildman–Crippen LogP) is 6.11. The van der Waals surface area contributed by atoms with Crippen molar-refractivity contribution in [1.82, 2.24) is 4.90 Å². The average molecular weight is 472 g/mol. The minimum absolute atomic E-state index is 0.0434. The predicted molar refractivity (Wildman–Crippen MR) is 131 cm³/mol. The number of fused-ring (bicyclic) bond motifs is 1. The summed E-state index contributed by atoms with van der Waals surface area (Å²) in [5, 5.41) is 0.683. The summed E-state index contributed by atoms with van der Waals surface area (Å²) in [5.74, 6) is 1.68. The molecule has 1 amide bonds. The molecule has 0 saturated carbocycles. The molecule has 2 aliphatic rings. The van der Waals surface area contributed by atoms with E-state index < -0.39 is 0 Å². The standard InChI is InChI=1S/C27H34ClNO4/c1-3-19(4-2)27(30)29-11-13-32-26-22(17-29)14-21(20-8-7-9-23(28)15-20)16-25(26)33-18-24-10-5-6-12-31-24/h7-9,14-16,19,24H,3-6,10-13,17-18H2,1-2H3/t24-/m0/s1. The van der Waals surface area contributed by atoms with Crippen LogP contribution in [0.2, 0.25) is 5.02 Å². The zero-order valence-electron chi connectivity index (χ0n) is 19.6. The Bertz CT molecular complexity index is 953. The van der Waals surface area contributed by atoms with Crippen LogP contribution in [0.25, 0.3) is 11.1 Å². The monoisotopic (exact) mass is 471 g/mol. The van der Waals surface area contributed by atoms with Gasteiger partial charge in [0.05, 0.1) is 12.6 Å². The van der Waals surface area contributed by atoms with Crippen molar-refractivity contribution in [2.24, 2.45) is 5.92 Å². The highest BCUT2D eigenvalue weighted by atomic mass is 35.5. The molecule has 2 heterocycles. The molecule has 0 bridgehead atoms. The summed E-state index contributed by atoms with van der Waals surface area (Å²) in [6.45, 7) is 6.96. The quantitative estimate of drug-likeness (QED) is 0.488. The van der Waals surface area contributed by atoms with Crippen LogP contribution in [0.3, 0.4) is 0 Å². The van der Waals surface area contributed by atoms with E-state index in [0.717, 1.165) is 61.2 Å². The average Bonchev–Trinajstić information content (AvgIpc) is 3.06. The number of nitrogens with zero attached hydrogens (tertiary/aromatic N) is 1. The second-order valence-corrected chi connectivity index (χ2v) is 9.33. The third kappa shape index (κ3) is 5.82. The minimum atomic E-state index is 0.0434. The van der Waals surface area contributed by atoms with Gasteiger partial charge in [0.1, 0.15) is 13.2 Å². The molecule has 6 heteroatoms. The number of benzene rings is 2. The van der Waals surface area contributed by atoms with Crippen molar-refractivity contribution in [2.75, 3.05) is 26.4 Å². The van der Waals surface area contributed by atoms with Crippen LogP contribution >= 0.6 is 11.6 Å². The van der Waals surface area contributed by atoms with E-state index in [1.807, 2.05) is 35.2 Å². The molecular formula is C27H34ClNO4. The molecule has 1 saturated heterocycles. The van der Waals surface area contributed by atoms with E-state index in [-0.39, 0.29) is 17.9 Å². The number of halogens is 1. The van der Waals surface area contributed by atoms with Crippen LogP contribution in [0, 0.1) is 5.92 Å². The number of carbonyl (C=O) groups excluding carboxylic acids is 1. The van der Waals surface area contributed by atoms with Crippen LogP contribution in [-0.2, 0) is 16.1 Å². The fourth-order valence-corrected chi connectivity index (χ4v) is 4.82. The maximum Gasteiger partial charge on any atom is 0.226 e. The Labute approximate surface area is 202 Å². The summed E-state index contributed by atoms with van der Waals surface area (Å²) < 4.78 is 18.3. The fourth-order valence-electron chi connectivity index (χ4n) is 4.63. The molecule has 33 heavy (non-hydrogen) atoms. The second kappa shape index (κ2) is 11.3. The molecule has 0 spiro atoms. The topological polar surface area (TPSA) is 48.0 Å². The van der Waals surface area contributed by atoms with E-state index >= 15 is 0 Å². The Balaban J connectivity index is 1.66. The van der Waals surface area contributed by atoms with Crippen LogP contribution in [0.5, 0.6) is 11.5 Å². The molecular weight excluding hydrogens is 438 g/mol. The van der Waals surface area contributed by atoms with Crippen molar-refractivity contribution < 1.29 is 19.0 Å². The molecule has 0 unspecified atom stereocenters. The maximum atomic E-state index is 13.1. The van der Waals surface area contributed by atoms with Gasteiger partial charge in [-0.1, -0.05) is 37.6 Å². The van der Waals surface area contributed by atoms with Crippen LogP contribution in [0.4, 0.5) is 0 Å². The Morgan fingerprint density at radius 1 is 1.15 bits per heavy atom. The van der Waals surface area contributed by atoms with E-state index in [9.17, 15) is 4.79 Å². The van der Waals surface area contributed by atoms with Crippen molar-refractivity contribution in [3.05, 3.63) is 47.0 Å². The highest BCUT2D eigenvalue weighted by Gasteiger charge is 2.27. The van der Waals surface area contributed by atoms with Crippen molar-refractivity contribution in [3.8, 4) is 22.6 Å². The van der Waals surface area contributed by atoms with Gasteiger partial charge in [-0.2, -0.15) is 0 Å². The maximum absolute atomic E-state index is 13.1. The molecule has 0 N–H and O–H groups in total. The fraction of sp³-hybridized carbons (Fsp3) is 0.519. The van der Waals surface area contributed by atoms with E-state index in [1.54, 1.807) is 0 Å². The third-order valence-corrected chi connectivity index (χ3v) is 6.84. The number of ether oxygens (including phenoxy) is 3. The number of carbonyl (C=O) groups is 1. The van der Waals surface area contributed by atoms with Gasteiger partial charge in [0.25, 0.3) is 0 Å². The molecule has 2 aliphatic heterocycles. The van der Waals surface area contributed by atoms with Crippen LogP contribution in [-0.4, -0.2) is 43.3 Å². The van der Waals surface area contributed by atoms with Crippen LogP contribution in [0.1, 0.15) is 51.5 Å². The highest BCUT2D eigenvalue weighted by molar-refractivity contribution is 6.30. The summed E-state index contributed by atoms with van der Waals surface area (Å²) in [4.78, 5) is 15.1. The first kappa shape index (κ1) is 23.9. The minimum Gasteiger partial charge on any atom is -0.487 e. The largest absolute Gasteiger partial charge is 0.487 e. The van der Waals surface area contributed by atoms with Crippen molar-refractivity contribution in [2.45, 2.75) is 58.6 Å². The Morgan fingerprint density at radius 3 is 2.73 bits per heavy atom. The molecule has 0 radical (unpaired) electrons. The van der Waals surface area contributed by atoms with E-state index in [2.05, 4.69) is 19.9 Å². The van der Waals surface area contributed by atoms with Gasteiger partial charge in [0.15, 0.2) is 11.5 Å². The number of amides is 1. The van der Waals surface area contributed by atoms with Gasteiger partial charge < -0.3 is 19.1 Å². The summed E-state index contributed by atoms with van der Waals surface area (Å²) in [6, 6.07) is 11.9. The number of hydrogen-bond donors (Lipinski definition) is 0. The molecule has 1 atom stereocenters. The van der Waals surface area contributed by atoms with E-state index in [0.29, 0.717) is 37.1 Å². The first-order chi connectivity index (χ1) is 16.1. The van der Waals surface area contributed by atoms with Crippen LogP contribution < -0.4 is 9.47 Å². The zero-order valence-corrected chi connectivity index (χ0v) is 20.4. The molecule has 5 nitrogen and oxygen atoms in total. The summed E-state index contributed by atoms with van der Waals surface area (Å²) in [7, 11) is 0. The smallest absolute Gasteiger partial charge is 0.226 e. The first-order valence-electron chi connectivity index (χ1n) is 12.2. The summed E-state index contributed by atoms with van der Waals surface area (Å²) in [5.41, 5.74) is 2.96. The lowest BCUT2D eigenvalue weighted by atomic mass is 9.99. The van der Waals surface area contributed by atoms with Gasteiger partial charge in [-0.25, -0.2) is 0 Å². The summed E-state index contributed by atoms with van der Waals surface area (Å²) in [6.07, 6.45) is 5.07. The normalized spacial score (nSPS) is 18.4. The lowest BCUT2D eigenvalue weighted by Gasteiger charge is -2.25. The Hall–Kier alpha value is -2.24. The van der Waals surface area contributed by atoms with Gasteiger partial charge >= 0.3 is 0 Å². The van der Waals surface area contributed by atoms with Crippen LogP contribution in [0.15, 0.2) is 36.4 Å². The molecule has 4 rings (SSSR count). The van der Waals surface area contributed by atoms with E-state index in [4.69, 9.17) is 25.8 Å². The Kier molecular flexibility index (Phi) is 8.15. The number of hydrogen-bond acceptors (Lipinski definition) is 4. The number of rotatable bonds is 7. The highest BCUT2D eigenvalue weighted by Crippen LogP contribution is 2.39. The molecule has 2 aromatic carbocycles. The van der Waals surface area contributed by atoms with Gasteiger partial charge in [-0.3, -0.25) is 4.79 Å². The van der Waals surface area contributed by atoms with E-state index in [1.165, 1.54) is 0 Å². The third-order valence-electron chi connectivity index (χ3n) is 6.60. The summed E-state index contributed by atoms with van der Waals surface area (Å²) >= 11 is 6.27. The lowest BCUT2D eigenvalue weighted by Crippen LogP contribution is -2.36. The van der Waals surface area contributed by atoms with Gasteiger partial charge in [0, 0.05) is 29.7 Å². The van der Waals surface area contributed by atoms with Crippen molar-refractivity contribution in [1.29, 1.82) is 0 Å². The second-order valence-electron chi connectivity index (χ2n) is 8.89. The van der Waals surface area contributed by atoms with Crippen molar-refractivity contribution in [3.63, 3.8) is 0 Å². The van der Waals surface area contributed by atoms with Gasteiger partial charge in [-0.15, -0.1) is 0 Å². The first-order valence-corrected chi connectivity index (χ1v) is 12.6. The molecule has 0 aliphatic carbocycles. The molecule has 1 fully saturated rings. The Morgan fingerprint density at radius 2 is 2.00 bits per heavy atom. The van der Waals surface area contributed by atoms with Gasteiger partial charge in [-0.05, 0) is 67.5 Å². The zero-order chi connectivity index (χ0) is 23.2. The molecule has 178 valence electrons. The lowest BCUT2D eigenvalue weighted by molar-refractivity contribution is -0.136. The molecule has 2 aromatic rings. The SMILES string of the molecule is CCC(CC)C(=O)N1CCOc2c(cc(-c3cccc(Cl)c3)cc2OC[C@@H]2CCCCO2)C1. The van der Waals surface area contributed by atoms with Gasteiger partial charge in [0.2, 0.25) is 5.91 Å². The molecule has 0 aromatic heterocycles. The van der Waals surface area contributed by atoms with Crippen molar-refractivity contribution >= 4 is 17.5 Å².